The molecule has 8 heteroatoms. The number of alkyl halides is 3. The number of benzene rings is 2. The first kappa shape index (κ1) is 19.0. The molecule has 0 saturated carbocycles. The van der Waals surface area contributed by atoms with Crippen LogP contribution in [0.25, 0.3) is 0 Å². The van der Waals surface area contributed by atoms with Crippen LogP contribution in [-0.2, 0) is 17.5 Å². The van der Waals surface area contributed by atoms with E-state index in [-0.39, 0.29) is 5.69 Å². The summed E-state index contributed by atoms with van der Waals surface area (Å²) in [6.07, 6.45) is -4.57. The van der Waals surface area contributed by atoms with Gasteiger partial charge in [-0.1, -0.05) is 42.1 Å². The lowest BCUT2D eigenvalue weighted by atomic mass is 10.3. The number of para-hydroxylation sites is 1. The second-order valence-corrected chi connectivity index (χ2v) is 6.90. The molecular formula is C19H16F3N3OS. The van der Waals surface area contributed by atoms with Crippen molar-refractivity contribution in [3.63, 3.8) is 0 Å². The number of carbonyl (C=O) groups excluding carboxylic acids is 1. The van der Waals surface area contributed by atoms with Gasteiger partial charge >= 0.3 is 6.18 Å². The Hall–Kier alpha value is -2.74. The number of carbonyl (C=O) groups is 1. The van der Waals surface area contributed by atoms with E-state index >= 15 is 0 Å². The zero-order valence-corrected chi connectivity index (χ0v) is 15.1. The summed E-state index contributed by atoms with van der Waals surface area (Å²) in [6, 6.07) is 17.6. The Kier molecular flexibility index (Phi) is 5.55. The van der Waals surface area contributed by atoms with E-state index in [1.807, 2.05) is 42.5 Å². The zero-order valence-electron chi connectivity index (χ0n) is 14.3. The predicted molar refractivity (Wildman–Crippen MR) is 97.6 cm³/mol. The van der Waals surface area contributed by atoms with Crippen LogP contribution in [0, 0.1) is 6.92 Å². The van der Waals surface area contributed by atoms with Crippen molar-refractivity contribution in [2.45, 2.75) is 29.4 Å². The highest BCUT2D eigenvalue weighted by atomic mass is 32.2. The van der Waals surface area contributed by atoms with Crippen molar-refractivity contribution in [1.29, 1.82) is 0 Å². The number of amides is 1. The van der Waals surface area contributed by atoms with Crippen molar-refractivity contribution in [2.24, 2.45) is 0 Å². The van der Waals surface area contributed by atoms with Gasteiger partial charge in [-0.05, 0) is 37.3 Å². The van der Waals surface area contributed by atoms with Gasteiger partial charge in [-0.3, -0.25) is 9.48 Å². The fourth-order valence-electron chi connectivity index (χ4n) is 2.49. The quantitative estimate of drug-likeness (QED) is 0.666. The van der Waals surface area contributed by atoms with Gasteiger partial charge in [-0.2, -0.15) is 18.3 Å². The molecule has 2 aromatic carbocycles. The predicted octanol–water partition coefficient (Wildman–Crippen LogP) is 5.00. The number of hydrogen-bond donors (Lipinski definition) is 1. The van der Waals surface area contributed by atoms with E-state index in [1.165, 1.54) is 18.7 Å². The van der Waals surface area contributed by atoms with E-state index in [4.69, 9.17) is 0 Å². The van der Waals surface area contributed by atoms with Crippen LogP contribution in [0.1, 0.15) is 11.4 Å². The van der Waals surface area contributed by atoms with Gasteiger partial charge in [0.05, 0.1) is 11.4 Å². The van der Waals surface area contributed by atoms with Crippen LogP contribution < -0.4 is 5.32 Å². The lowest BCUT2D eigenvalue weighted by Crippen LogP contribution is -2.23. The van der Waals surface area contributed by atoms with Crippen LogP contribution in [0.2, 0.25) is 0 Å². The first-order chi connectivity index (χ1) is 12.8. The molecule has 0 saturated heterocycles. The minimum Gasteiger partial charge on any atom is -0.323 e. The molecule has 1 amide bonds. The number of nitrogens with one attached hydrogen (secondary N) is 1. The molecule has 3 aromatic rings. The highest BCUT2D eigenvalue weighted by Crippen LogP contribution is 2.33. The summed E-state index contributed by atoms with van der Waals surface area (Å²) in [5, 5.41) is 6.46. The molecule has 140 valence electrons. The minimum atomic E-state index is -4.57. The van der Waals surface area contributed by atoms with Gasteiger partial charge in [0.25, 0.3) is 0 Å². The Labute approximate surface area is 158 Å². The number of halogens is 3. The van der Waals surface area contributed by atoms with E-state index < -0.39 is 24.3 Å². The van der Waals surface area contributed by atoms with E-state index in [0.29, 0.717) is 10.4 Å². The molecule has 0 aliphatic heterocycles. The third-order valence-corrected chi connectivity index (χ3v) is 4.70. The molecule has 0 bridgehead atoms. The lowest BCUT2D eigenvalue weighted by Gasteiger charge is -2.13. The van der Waals surface area contributed by atoms with Gasteiger partial charge in [0, 0.05) is 9.79 Å². The number of aryl methyl sites for hydroxylation is 1. The average Bonchev–Trinajstić information content (AvgIpc) is 2.98. The topological polar surface area (TPSA) is 46.9 Å². The first-order valence-electron chi connectivity index (χ1n) is 8.06. The average molecular weight is 391 g/mol. The molecule has 1 heterocycles. The molecule has 0 unspecified atom stereocenters. The summed E-state index contributed by atoms with van der Waals surface area (Å²) >= 11 is 1.46. The summed E-state index contributed by atoms with van der Waals surface area (Å²) < 4.78 is 39.8. The molecular weight excluding hydrogens is 375 g/mol. The van der Waals surface area contributed by atoms with Crippen LogP contribution in [0.5, 0.6) is 0 Å². The third kappa shape index (κ3) is 4.91. The first-order valence-corrected chi connectivity index (χ1v) is 8.88. The zero-order chi connectivity index (χ0) is 19.4. The third-order valence-electron chi connectivity index (χ3n) is 3.62. The van der Waals surface area contributed by atoms with Crippen LogP contribution >= 0.6 is 11.8 Å². The van der Waals surface area contributed by atoms with Crippen molar-refractivity contribution in [2.75, 3.05) is 5.32 Å². The SMILES string of the molecule is Cc1cc(C(F)(F)F)n(CC(=O)Nc2ccccc2Sc2ccccc2)n1. The van der Waals surface area contributed by atoms with Crippen molar-refractivity contribution in [3.8, 4) is 0 Å². The maximum Gasteiger partial charge on any atom is 0.433 e. The molecule has 0 fully saturated rings. The van der Waals surface area contributed by atoms with Gasteiger partial charge in [-0.15, -0.1) is 0 Å². The normalized spacial score (nSPS) is 11.4. The summed E-state index contributed by atoms with van der Waals surface area (Å²) in [5.41, 5.74) is -0.203. The Morgan fingerprint density at radius 2 is 1.78 bits per heavy atom. The maximum atomic E-state index is 13.0. The highest BCUT2D eigenvalue weighted by molar-refractivity contribution is 7.99. The number of rotatable bonds is 5. The summed E-state index contributed by atoms with van der Waals surface area (Å²) in [7, 11) is 0. The van der Waals surface area contributed by atoms with Crippen molar-refractivity contribution in [1.82, 2.24) is 9.78 Å². The van der Waals surface area contributed by atoms with Gasteiger partial charge in [0.1, 0.15) is 12.2 Å². The van der Waals surface area contributed by atoms with Crippen LogP contribution in [0.15, 0.2) is 70.5 Å². The highest BCUT2D eigenvalue weighted by Gasteiger charge is 2.35. The second-order valence-electron chi connectivity index (χ2n) is 5.79. The van der Waals surface area contributed by atoms with Gasteiger partial charge in [0.2, 0.25) is 5.91 Å². The Morgan fingerprint density at radius 1 is 1.11 bits per heavy atom. The fourth-order valence-corrected chi connectivity index (χ4v) is 3.42. The number of hydrogen-bond acceptors (Lipinski definition) is 3. The van der Waals surface area contributed by atoms with E-state index in [2.05, 4.69) is 10.4 Å². The van der Waals surface area contributed by atoms with Gasteiger partial charge in [-0.25, -0.2) is 0 Å². The summed E-state index contributed by atoms with van der Waals surface area (Å²) in [4.78, 5) is 14.1. The Balaban J connectivity index is 1.76. The monoisotopic (exact) mass is 391 g/mol. The van der Waals surface area contributed by atoms with Gasteiger partial charge < -0.3 is 5.32 Å². The van der Waals surface area contributed by atoms with E-state index in [9.17, 15) is 18.0 Å². The molecule has 3 rings (SSSR count). The fraction of sp³-hybridized carbons (Fsp3) is 0.158. The Morgan fingerprint density at radius 3 is 2.48 bits per heavy atom. The maximum absolute atomic E-state index is 13.0. The van der Waals surface area contributed by atoms with Gasteiger partial charge in [0.15, 0.2) is 0 Å². The second kappa shape index (κ2) is 7.87. The van der Waals surface area contributed by atoms with Crippen LogP contribution in [0.4, 0.5) is 18.9 Å². The molecule has 0 aliphatic rings. The van der Waals surface area contributed by atoms with E-state index in [1.54, 1.807) is 12.1 Å². The Bertz CT molecular complexity index is 939. The molecule has 0 radical (unpaired) electrons. The van der Waals surface area contributed by atoms with Crippen molar-refractivity contribution in [3.05, 3.63) is 72.1 Å². The molecule has 27 heavy (non-hydrogen) atoms. The van der Waals surface area contributed by atoms with Crippen molar-refractivity contribution < 1.29 is 18.0 Å². The number of nitrogens with zero attached hydrogens (tertiary/aromatic N) is 2. The minimum absolute atomic E-state index is 0.204. The van der Waals surface area contributed by atoms with Crippen molar-refractivity contribution >= 4 is 23.4 Å². The lowest BCUT2D eigenvalue weighted by molar-refractivity contribution is -0.144. The largest absolute Gasteiger partial charge is 0.433 e. The summed E-state index contributed by atoms with van der Waals surface area (Å²) in [5.74, 6) is -0.579. The van der Waals surface area contributed by atoms with E-state index in [0.717, 1.165) is 15.9 Å². The molecule has 0 aliphatic carbocycles. The smallest absolute Gasteiger partial charge is 0.323 e. The van der Waals surface area contributed by atoms with Crippen LogP contribution in [0.3, 0.4) is 0 Å². The molecule has 1 N–H and O–H groups in total. The van der Waals surface area contributed by atoms with Crippen LogP contribution in [-0.4, -0.2) is 15.7 Å². The molecule has 0 spiro atoms. The number of aromatic nitrogens is 2. The number of anilines is 1. The standard InChI is InChI=1S/C19H16F3N3OS/c1-13-11-17(19(20,21)22)25(24-13)12-18(26)23-15-9-5-6-10-16(15)27-14-7-3-2-4-8-14/h2-11H,12H2,1H3,(H,23,26). The molecule has 4 nitrogen and oxygen atoms in total. The summed E-state index contributed by atoms with van der Waals surface area (Å²) in [6.45, 7) is 0.933. The molecule has 1 aromatic heterocycles. The molecule has 0 atom stereocenters.